The van der Waals surface area contributed by atoms with Crippen molar-refractivity contribution < 1.29 is 4.57 Å². The van der Waals surface area contributed by atoms with Crippen LogP contribution in [0.25, 0.3) is 15.9 Å². The summed E-state index contributed by atoms with van der Waals surface area (Å²) in [5.74, 6) is 0. The fraction of sp³-hybridized carbons (Fsp3) is 0.281. The molecule has 2 aliphatic rings. The molecule has 3 aromatic rings. The summed E-state index contributed by atoms with van der Waals surface area (Å²) < 4.78 is 5.39. The van der Waals surface area contributed by atoms with Gasteiger partial charge in [0.15, 0.2) is 0 Å². The molecule has 182 valence electrons. The van der Waals surface area contributed by atoms with Crippen molar-refractivity contribution in [1.82, 2.24) is 0 Å². The van der Waals surface area contributed by atoms with E-state index < -0.39 is 0 Å². The molecule has 0 N–H and O–H groups in total. The number of nitrogens with zero attached hydrogens (tertiary/aromatic N) is 2. The van der Waals surface area contributed by atoms with Crippen molar-refractivity contribution in [1.29, 1.82) is 0 Å². The zero-order chi connectivity index (χ0) is 25.4. The van der Waals surface area contributed by atoms with Crippen LogP contribution in [-0.4, -0.2) is 14.5 Å². The molecule has 0 saturated heterocycles. The van der Waals surface area contributed by atoms with Crippen LogP contribution in [-0.2, 0) is 6.54 Å². The van der Waals surface area contributed by atoms with Crippen LogP contribution in [0.1, 0.15) is 49.3 Å². The van der Waals surface area contributed by atoms with Gasteiger partial charge in [-0.15, -0.1) is 0 Å². The molecule has 36 heavy (non-hydrogen) atoms. The number of aromatic nitrogens is 1. The Kier molecular flexibility index (Phi) is 6.92. The molecule has 1 aromatic heterocycles. The maximum atomic E-state index is 5.94. The van der Waals surface area contributed by atoms with E-state index in [1.165, 1.54) is 41.5 Å². The van der Waals surface area contributed by atoms with Crippen LogP contribution in [0, 0.1) is 31.7 Å². The molecule has 1 aliphatic carbocycles. The SMILES string of the molecule is C#CN1C(=CC2=CC(=C/C=C/c3[se]c4ccc(C)cc4[n+]3CC)CC(C)(C)C2)Sc2ccc(C)cc21. The Bertz CT molecular complexity index is 1510. The number of anilines is 1. The van der Waals surface area contributed by atoms with E-state index in [4.69, 9.17) is 6.42 Å². The van der Waals surface area contributed by atoms with Crippen LogP contribution in [0.15, 0.2) is 81.8 Å². The molecule has 0 amide bonds. The van der Waals surface area contributed by atoms with Crippen molar-refractivity contribution in [3.05, 3.63) is 92.6 Å². The number of terminal acetylenes is 1. The Morgan fingerprint density at radius 2 is 1.92 bits per heavy atom. The van der Waals surface area contributed by atoms with Gasteiger partial charge in [-0.1, -0.05) is 6.07 Å². The molecule has 0 radical (unpaired) electrons. The molecule has 2 heterocycles. The average Bonchev–Trinajstić information content (AvgIpc) is 3.33. The topological polar surface area (TPSA) is 7.12 Å². The molecule has 1 aliphatic heterocycles. The van der Waals surface area contributed by atoms with Gasteiger partial charge in [-0.2, -0.15) is 0 Å². The molecule has 0 saturated carbocycles. The fourth-order valence-corrected chi connectivity index (χ4v) is 8.59. The number of hydrogen-bond donors (Lipinski definition) is 0. The molecular formula is C32H33N2SSe+. The standard InChI is InChI=1S/C32H33N2SSe/c1-7-33-26-16-22(3)12-14-28(26)35-30(33)19-25-18-24(20-32(5,6)21-25)10-9-11-31-34(8-2)27-17-23(4)13-15-29(27)36-31/h1,9-19H,8,20-21H2,2-6H3/q+1. The molecular weight excluding hydrogens is 523 g/mol. The molecule has 2 aromatic carbocycles. The molecule has 0 unspecified atom stereocenters. The number of benzene rings is 2. The molecule has 0 fully saturated rings. The first-order valence-electron chi connectivity index (χ1n) is 12.5. The number of thioether (sulfide) groups is 1. The van der Waals surface area contributed by atoms with Gasteiger partial charge in [-0.25, -0.2) is 0 Å². The van der Waals surface area contributed by atoms with Gasteiger partial charge < -0.3 is 0 Å². The Balaban J connectivity index is 1.44. The van der Waals surface area contributed by atoms with E-state index in [2.05, 4.69) is 112 Å². The van der Waals surface area contributed by atoms with Crippen molar-refractivity contribution in [3.63, 3.8) is 0 Å². The van der Waals surface area contributed by atoms with Gasteiger partial charge >= 0.3 is 208 Å². The van der Waals surface area contributed by atoms with Crippen molar-refractivity contribution >= 4 is 47.8 Å². The molecule has 4 heteroatoms. The van der Waals surface area contributed by atoms with Gasteiger partial charge in [-0.05, 0) is 12.5 Å². The van der Waals surface area contributed by atoms with Gasteiger partial charge in [0.25, 0.3) is 0 Å². The zero-order valence-corrected chi connectivity index (χ0v) is 24.3. The van der Waals surface area contributed by atoms with Gasteiger partial charge in [-0.3, -0.25) is 0 Å². The molecule has 2 nitrogen and oxygen atoms in total. The van der Waals surface area contributed by atoms with E-state index in [0.717, 1.165) is 30.1 Å². The molecule has 0 bridgehead atoms. The predicted octanol–water partition coefficient (Wildman–Crippen LogP) is 7.55. The van der Waals surface area contributed by atoms with Crippen LogP contribution in [0.4, 0.5) is 5.69 Å². The molecule has 0 spiro atoms. The minimum atomic E-state index is 0.210. The van der Waals surface area contributed by atoms with E-state index in [-0.39, 0.29) is 5.41 Å². The summed E-state index contributed by atoms with van der Waals surface area (Å²) >= 11 is 2.13. The van der Waals surface area contributed by atoms with Crippen molar-refractivity contribution in [2.75, 3.05) is 4.90 Å². The number of rotatable bonds is 4. The van der Waals surface area contributed by atoms with Gasteiger partial charge in [0.05, 0.1) is 0 Å². The van der Waals surface area contributed by atoms with E-state index in [9.17, 15) is 0 Å². The molecule has 0 atom stereocenters. The molecule has 5 rings (SSSR count). The van der Waals surface area contributed by atoms with E-state index in [1.54, 1.807) is 11.8 Å². The van der Waals surface area contributed by atoms with Crippen molar-refractivity contribution in [2.24, 2.45) is 5.41 Å². The number of allylic oxidation sites excluding steroid dienone is 6. The van der Waals surface area contributed by atoms with E-state index in [1.807, 2.05) is 4.90 Å². The Morgan fingerprint density at radius 1 is 1.14 bits per heavy atom. The van der Waals surface area contributed by atoms with E-state index >= 15 is 0 Å². The predicted molar refractivity (Wildman–Crippen MR) is 156 cm³/mol. The fourth-order valence-electron chi connectivity index (χ4n) is 5.17. The third kappa shape index (κ3) is 5.07. The Labute approximate surface area is 225 Å². The van der Waals surface area contributed by atoms with Crippen molar-refractivity contribution in [2.45, 2.75) is 58.9 Å². The summed E-state index contributed by atoms with van der Waals surface area (Å²) in [6, 6.07) is 16.3. The second-order valence-electron chi connectivity index (χ2n) is 10.5. The number of aryl methyl sites for hydroxylation is 3. The average molecular weight is 557 g/mol. The zero-order valence-electron chi connectivity index (χ0n) is 21.8. The summed E-state index contributed by atoms with van der Waals surface area (Å²) in [5, 5.41) is 1.12. The third-order valence-electron chi connectivity index (χ3n) is 6.72. The summed E-state index contributed by atoms with van der Waals surface area (Å²) in [4.78, 5) is 3.22. The number of hydrogen-bond acceptors (Lipinski definition) is 2. The van der Waals surface area contributed by atoms with Gasteiger partial charge in [0.2, 0.25) is 0 Å². The third-order valence-corrected chi connectivity index (χ3v) is 10.2. The first-order chi connectivity index (χ1) is 17.3. The first kappa shape index (κ1) is 25.0. The minimum absolute atomic E-state index is 0.210. The van der Waals surface area contributed by atoms with Crippen LogP contribution >= 0.6 is 11.8 Å². The van der Waals surface area contributed by atoms with Crippen LogP contribution in [0.5, 0.6) is 0 Å². The Morgan fingerprint density at radius 3 is 2.69 bits per heavy atom. The quantitative estimate of drug-likeness (QED) is 0.186. The van der Waals surface area contributed by atoms with Gasteiger partial charge in [0, 0.05) is 0 Å². The maximum absolute atomic E-state index is 5.94. The Hall–Kier alpha value is -2.70. The first-order valence-corrected chi connectivity index (χ1v) is 15.1. The second-order valence-corrected chi connectivity index (χ2v) is 13.8. The van der Waals surface area contributed by atoms with Crippen LogP contribution < -0.4 is 9.47 Å². The second kappa shape index (κ2) is 9.98. The van der Waals surface area contributed by atoms with E-state index in [0.29, 0.717) is 14.5 Å². The number of fused-ring (bicyclic) bond motifs is 2. The summed E-state index contributed by atoms with van der Waals surface area (Å²) in [7, 11) is 0. The summed E-state index contributed by atoms with van der Waals surface area (Å²) in [6.07, 6.45) is 19.6. The van der Waals surface area contributed by atoms with Crippen LogP contribution in [0.2, 0.25) is 0 Å². The monoisotopic (exact) mass is 557 g/mol. The normalized spacial score (nSPS) is 19.3. The van der Waals surface area contributed by atoms with Gasteiger partial charge in [0.1, 0.15) is 0 Å². The summed E-state index contributed by atoms with van der Waals surface area (Å²) in [6.45, 7) is 12.3. The summed E-state index contributed by atoms with van der Waals surface area (Å²) in [5.41, 5.74) is 7.99. The van der Waals surface area contributed by atoms with Crippen LogP contribution in [0.3, 0.4) is 0 Å². The van der Waals surface area contributed by atoms with Crippen molar-refractivity contribution in [3.8, 4) is 12.5 Å².